The summed E-state index contributed by atoms with van der Waals surface area (Å²) in [7, 11) is -3.04. The molecular formula is C16H20FNO4S. The van der Waals surface area contributed by atoms with Crippen molar-refractivity contribution < 1.29 is 22.3 Å². The Bertz CT molecular complexity index is 689. The van der Waals surface area contributed by atoms with Crippen molar-refractivity contribution >= 4 is 9.84 Å². The topological polar surface area (TPSA) is 55.8 Å². The van der Waals surface area contributed by atoms with Gasteiger partial charge in [0.1, 0.15) is 11.9 Å². The summed E-state index contributed by atoms with van der Waals surface area (Å²) in [6, 6.07) is 6.27. The molecule has 7 heteroatoms. The largest absolute Gasteiger partial charge is 0.376 e. The lowest BCUT2D eigenvalue weighted by atomic mass is 9.80. The van der Waals surface area contributed by atoms with Gasteiger partial charge in [-0.3, -0.25) is 4.90 Å². The fourth-order valence-corrected chi connectivity index (χ4v) is 6.40. The third-order valence-electron chi connectivity index (χ3n) is 5.23. The first-order valence-corrected chi connectivity index (χ1v) is 9.60. The van der Waals surface area contributed by atoms with Gasteiger partial charge in [0.25, 0.3) is 0 Å². The number of hydrogen-bond donors (Lipinski definition) is 0. The lowest BCUT2D eigenvalue weighted by molar-refractivity contribution is -0.131. The first-order valence-electron chi connectivity index (χ1n) is 7.89. The van der Waals surface area contributed by atoms with Crippen LogP contribution in [0.2, 0.25) is 0 Å². The summed E-state index contributed by atoms with van der Waals surface area (Å²) in [6.45, 7) is 3.82. The van der Waals surface area contributed by atoms with Crippen LogP contribution in [0.4, 0.5) is 4.39 Å². The number of nitrogens with zero attached hydrogens (tertiary/aromatic N) is 1. The van der Waals surface area contributed by atoms with E-state index < -0.39 is 9.84 Å². The number of likely N-dealkylation sites (tertiary alicyclic amines) is 1. The highest BCUT2D eigenvalue weighted by atomic mass is 32.2. The van der Waals surface area contributed by atoms with Crippen LogP contribution in [-0.4, -0.2) is 69.9 Å². The molecule has 0 amide bonds. The molecule has 126 valence electrons. The van der Waals surface area contributed by atoms with Gasteiger partial charge in [-0.1, -0.05) is 12.1 Å². The summed E-state index contributed by atoms with van der Waals surface area (Å²) in [5.41, 5.74) is 0.543. The molecule has 0 N–H and O–H groups in total. The van der Waals surface area contributed by atoms with Gasteiger partial charge in [0.05, 0.1) is 30.8 Å². The molecule has 3 fully saturated rings. The van der Waals surface area contributed by atoms with E-state index in [4.69, 9.17) is 9.47 Å². The van der Waals surface area contributed by atoms with Crippen molar-refractivity contribution in [2.24, 2.45) is 0 Å². The molecule has 4 rings (SSSR count). The average Bonchev–Trinajstić information content (AvgIpc) is 2.78. The van der Waals surface area contributed by atoms with Gasteiger partial charge >= 0.3 is 0 Å². The molecule has 1 aromatic rings. The zero-order chi connectivity index (χ0) is 16.1. The lowest BCUT2D eigenvalue weighted by Crippen LogP contribution is -2.59. The third kappa shape index (κ3) is 2.59. The van der Waals surface area contributed by atoms with Crippen LogP contribution in [0.15, 0.2) is 24.3 Å². The monoisotopic (exact) mass is 341 g/mol. The SMILES string of the molecule is O=S1(=O)C[C@]2(c3ccc(F)cc3)CN(CCOC3COC3)C[C@@H]21. The van der Waals surface area contributed by atoms with E-state index in [1.165, 1.54) is 12.1 Å². The quantitative estimate of drug-likeness (QED) is 0.785. The Balaban J connectivity index is 1.46. The molecule has 3 saturated heterocycles. The molecule has 5 nitrogen and oxygen atoms in total. The van der Waals surface area contributed by atoms with E-state index >= 15 is 0 Å². The fourth-order valence-electron chi connectivity index (χ4n) is 3.90. The van der Waals surface area contributed by atoms with Gasteiger partial charge in [-0.2, -0.15) is 0 Å². The van der Waals surface area contributed by atoms with E-state index in [2.05, 4.69) is 4.90 Å². The Hall–Kier alpha value is -1.02. The molecule has 0 aromatic heterocycles. The molecular weight excluding hydrogens is 321 g/mol. The number of ether oxygens (including phenoxy) is 2. The number of rotatable bonds is 5. The van der Waals surface area contributed by atoms with Crippen LogP contribution in [0, 0.1) is 5.82 Å². The highest BCUT2D eigenvalue weighted by molar-refractivity contribution is 7.93. The molecule has 0 saturated carbocycles. The summed E-state index contributed by atoms with van der Waals surface area (Å²) in [5, 5.41) is -0.382. The van der Waals surface area contributed by atoms with Gasteiger partial charge in [-0.15, -0.1) is 0 Å². The van der Waals surface area contributed by atoms with Crippen molar-refractivity contribution in [2.75, 3.05) is 45.2 Å². The second-order valence-electron chi connectivity index (χ2n) is 6.72. The number of sulfone groups is 1. The van der Waals surface area contributed by atoms with Crippen LogP contribution in [-0.2, 0) is 24.7 Å². The van der Waals surface area contributed by atoms with Gasteiger partial charge in [0, 0.05) is 25.0 Å². The molecule has 3 aliphatic heterocycles. The van der Waals surface area contributed by atoms with Gasteiger partial charge in [-0.25, -0.2) is 12.8 Å². The normalized spacial score (nSPS) is 33.0. The van der Waals surface area contributed by atoms with Crippen LogP contribution < -0.4 is 0 Å². The highest BCUT2D eigenvalue weighted by Gasteiger charge is 2.63. The van der Waals surface area contributed by atoms with Crippen molar-refractivity contribution in [2.45, 2.75) is 16.8 Å². The van der Waals surface area contributed by atoms with Gasteiger partial charge < -0.3 is 9.47 Å². The lowest BCUT2D eigenvalue weighted by Gasteiger charge is -2.43. The zero-order valence-corrected chi connectivity index (χ0v) is 13.6. The maximum absolute atomic E-state index is 13.2. The molecule has 0 aliphatic carbocycles. The van der Waals surface area contributed by atoms with E-state index in [9.17, 15) is 12.8 Å². The van der Waals surface area contributed by atoms with Crippen LogP contribution in [0.25, 0.3) is 0 Å². The molecule has 0 bridgehead atoms. The second kappa shape index (κ2) is 5.51. The van der Waals surface area contributed by atoms with Crippen molar-refractivity contribution in [1.82, 2.24) is 4.90 Å². The highest BCUT2D eigenvalue weighted by Crippen LogP contribution is 2.48. The third-order valence-corrected chi connectivity index (χ3v) is 7.61. The maximum Gasteiger partial charge on any atom is 0.156 e. The standard InChI is InChI=1S/C16H20FNO4S/c17-13-3-1-12(2-4-13)16-10-18(5-6-22-14-8-21-9-14)7-15(16)23(19,20)11-16/h1-4,14-15H,5-11H2/t15-,16-/m0/s1. The molecule has 0 spiro atoms. The molecule has 3 aliphatic rings. The number of halogens is 1. The Morgan fingerprint density at radius 1 is 1.30 bits per heavy atom. The van der Waals surface area contributed by atoms with Crippen LogP contribution in [0.5, 0.6) is 0 Å². The summed E-state index contributed by atoms with van der Waals surface area (Å²) >= 11 is 0. The first kappa shape index (κ1) is 15.5. The Morgan fingerprint density at radius 2 is 2.04 bits per heavy atom. The van der Waals surface area contributed by atoms with Gasteiger partial charge in [0.2, 0.25) is 0 Å². The first-order chi connectivity index (χ1) is 11.0. The summed E-state index contributed by atoms with van der Waals surface area (Å²) in [6.07, 6.45) is 0.184. The predicted molar refractivity (Wildman–Crippen MR) is 82.7 cm³/mol. The molecule has 0 radical (unpaired) electrons. The average molecular weight is 341 g/mol. The minimum atomic E-state index is -3.04. The Labute approximate surface area is 135 Å². The fraction of sp³-hybridized carbons (Fsp3) is 0.625. The van der Waals surface area contributed by atoms with Gasteiger partial charge in [-0.05, 0) is 17.7 Å². The summed E-state index contributed by atoms with van der Waals surface area (Å²) < 4.78 is 48.3. The van der Waals surface area contributed by atoms with Crippen LogP contribution >= 0.6 is 0 Å². The van der Waals surface area contributed by atoms with Gasteiger partial charge in [0.15, 0.2) is 9.84 Å². The molecule has 2 atom stereocenters. The molecule has 23 heavy (non-hydrogen) atoms. The second-order valence-corrected chi connectivity index (χ2v) is 8.91. The van der Waals surface area contributed by atoms with Crippen molar-refractivity contribution in [3.8, 4) is 0 Å². The Morgan fingerprint density at radius 3 is 2.65 bits per heavy atom. The number of fused-ring (bicyclic) bond motifs is 1. The van der Waals surface area contributed by atoms with E-state index in [0.29, 0.717) is 39.5 Å². The number of benzene rings is 1. The Kier molecular flexibility index (Phi) is 3.72. The van der Waals surface area contributed by atoms with E-state index in [-0.39, 0.29) is 28.3 Å². The van der Waals surface area contributed by atoms with E-state index in [0.717, 1.165) is 5.56 Å². The maximum atomic E-state index is 13.2. The summed E-state index contributed by atoms with van der Waals surface area (Å²) in [4.78, 5) is 2.15. The minimum Gasteiger partial charge on any atom is -0.376 e. The smallest absolute Gasteiger partial charge is 0.156 e. The van der Waals surface area contributed by atoms with E-state index in [1.54, 1.807) is 12.1 Å². The van der Waals surface area contributed by atoms with Crippen molar-refractivity contribution in [1.29, 1.82) is 0 Å². The number of hydrogen-bond acceptors (Lipinski definition) is 5. The van der Waals surface area contributed by atoms with Crippen molar-refractivity contribution in [3.63, 3.8) is 0 Å². The van der Waals surface area contributed by atoms with Crippen LogP contribution in [0.1, 0.15) is 5.56 Å². The van der Waals surface area contributed by atoms with Crippen molar-refractivity contribution in [3.05, 3.63) is 35.6 Å². The van der Waals surface area contributed by atoms with E-state index in [1.807, 2.05) is 0 Å². The summed E-state index contributed by atoms with van der Waals surface area (Å²) in [5.74, 6) is -0.140. The molecule has 0 unspecified atom stereocenters. The molecule has 3 heterocycles. The zero-order valence-electron chi connectivity index (χ0n) is 12.8. The minimum absolute atomic E-state index is 0.157. The predicted octanol–water partition coefficient (Wildman–Crippen LogP) is 0.591. The van der Waals surface area contributed by atoms with Crippen LogP contribution in [0.3, 0.4) is 0 Å². The molecule has 1 aromatic carbocycles.